The SMILES string of the molecule is O=C(Cc1ccccc1[N+](=O)[O-])NNC(=O)Cc1ccccc1[N+](=O)[O-]. The Bertz CT molecular complexity index is 796. The van der Waals surface area contributed by atoms with Crippen LogP contribution in [0.1, 0.15) is 11.1 Å². The highest BCUT2D eigenvalue weighted by Gasteiger charge is 2.17. The van der Waals surface area contributed by atoms with E-state index in [9.17, 15) is 29.8 Å². The lowest BCUT2D eigenvalue weighted by Crippen LogP contribution is -2.43. The summed E-state index contributed by atoms with van der Waals surface area (Å²) < 4.78 is 0. The predicted molar refractivity (Wildman–Crippen MR) is 89.9 cm³/mol. The molecule has 0 aliphatic carbocycles. The Morgan fingerprint density at radius 1 is 0.731 bits per heavy atom. The fourth-order valence-corrected chi connectivity index (χ4v) is 2.25. The number of para-hydroxylation sites is 2. The molecule has 0 aromatic heterocycles. The Kier molecular flexibility index (Phi) is 5.93. The quantitative estimate of drug-likeness (QED) is 0.590. The second-order valence-electron chi connectivity index (χ2n) is 5.22. The molecule has 2 rings (SSSR count). The van der Waals surface area contributed by atoms with Crippen molar-refractivity contribution < 1.29 is 19.4 Å². The van der Waals surface area contributed by atoms with Crippen LogP contribution in [0.15, 0.2) is 48.5 Å². The van der Waals surface area contributed by atoms with Gasteiger partial charge in [-0.05, 0) is 0 Å². The highest BCUT2D eigenvalue weighted by molar-refractivity contribution is 5.85. The summed E-state index contributed by atoms with van der Waals surface area (Å²) in [4.78, 5) is 44.3. The van der Waals surface area contributed by atoms with Crippen molar-refractivity contribution >= 4 is 23.2 Å². The van der Waals surface area contributed by atoms with Crippen LogP contribution in [0.3, 0.4) is 0 Å². The standard InChI is InChI=1S/C16H14N4O6/c21-15(9-11-5-1-3-7-13(11)19(23)24)17-18-16(22)10-12-6-2-4-8-14(12)20(25)26/h1-8H,9-10H2,(H,17,21)(H,18,22). The van der Waals surface area contributed by atoms with Crippen molar-refractivity contribution in [3.05, 3.63) is 79.9 Å². The number of benzene rings is 2. The van der Waals surface area contributed by atoms with E-state index in [-0.39, 0.29) is 35.3 Å². The maximum absolute atomic E-state index is 11.9. The Balaban J connectivity index is 1.93. The van der Waals surface area contributed by atoms with Crippen LogP contribution in [0.5, 0.6) is 0 Å². The number of nitrogens with one attached hydrogen (secondary N) is 2. The number of carbonyl (C=O) groups is 2. The van der Waals surface area contributed by atoms with Crippen molar-refractivity contribution in [3.8, 4) is 0 Å². The lowest BCUT2D eigenvalue weighted by Gasteiger charge is -2.08. The van der Waals surface area contributed by atoms with E-state index in [4.69, 9.17) is 0 Å². The van der Waals surface area contributed by atoms with Crippen LogP contribution in [0.2, 0.25) is 0 Å². The third-order valence-corrected chi connectivity index (χ3v) is 3.42. The molecule has 0 aliphatic rings. The molecule has 26 heavy (non-hydrogen) atoms. The molecule has 2 aromatic carbocycles. The summed E-state index contributed by atoms with van der Waals surface area (Å²) in [6.45, 7) is 0. The number of amides is 2. The molecule has 2 amide bonds. The number of rotatable bonds is 6. The van der Waals surface area contributed by atoms with E-state index in [1.54, 1.807) is 12.1 Å². The second-order valence-corrected chi connectivity index (χ2v) is 5.22. The molecule has 0 heterocycles. The first-order valence-corrected chi connectivity index (χ1v) is 7.40. The molecule has 2 aromatic rings. The molecule has 10 nitrogen and oxygen atoms in total. The first kappa shape index (κ1) is 18.5. The highest BCUT2D eigenvalue weighted by atomic mass is 16.6. The summed E-state index contributed by atoms with van der Waals surface area (Å²) in [5.41, 5.74) is 4.26. The minimum atomic E-state index is -0.657. The minimum Gasteiger partial charge on any atom is -0.273 e. The summed E-state index contributed by atoms with van der Waals surface area (Å²) in [5.74, 6) is -1.31. The normalized spacial score (nSPS) is 10.0. The first-order chi connectivity index (χ1) is 12.4. The zero-order chi connectivity index (χ0) is 19.1. The van der Waals surface area contributed by atoms with Crippen molar-refractivity contribution in [1.29, 1.82) is 0 Å². The van der Waals surface area contributed by atoms with Gasteiger partial charge in [-0.15, -0.1) is 0 Å². The van der Waals surface area contributed by atoms with Crippen molar-refractivity contribution in [3.63, 3.8) is 0 Å². The number of nitrogens with zero attached hydrogens (tertiary/aromatic N) is 2. The Morgan fingerprint density at radius 2 is 1.08 bits per heavy atom. The van der Waals surface area contributed by atoms with Crippen LogP contribution >= 0.6 is 0 Å². The molecule has 0 saturated carbocycles. The summed E-state index contributed by atoms with van der Waals surface area (Å²) in [6, 6.07) is 11.5. The van der Waals surface area contributed by atoms with E-state index < -0.39 is 21.7 Å². The van der Waals surface area contributed by atoms with Crippen molar-refractivity contribution in [2.24, 2.45) is 0 Å². The fraction of sp³-hybridized carbons (Fsp3) is 0.125. The zero-order valence-corrected chi connectivity index (χ0v) is 13.4. The zero-order valence-electron chi connectivity index (χ0n) is 13.4. The van der Waals surface area contributed by atoms with E-state index in [1.165, 1.54) is 36.4 Å². The number of hydrazine groups is 1. The van der Waals surface area contributed by atoms with Gasteiger partial charge in [-0.2, -0.15) is 0 Å². The first-order valence-electron chi connectivity index (χ1n) is 7.40. The van der Waals surface area contributed by atoms with Crippen LogP contribution in [0.4, 0.5) is 11.4 Å². The topological polar surface area (TPSA) is 144 Å². The number of hydrogen-bond donors (Lipinski definition) is 2. The average Bonchev–Trinajstić information content (AvgIpc) is 2.60. The molecule has 0 spiro atoms. The number of carbonyl (C=O) groups excluding carboxylic acids is 2. The van der Waals surface area contributed by atoms with Crippen LogP contribution in [-0.4, -0.2) is 21.7 Å². The monoisotopic (exact) mass is 358 g/mol. The van der Waals surface area contributed by atoms with Gasteiger partial charge in [0.2, 0.25) is 11.8 Å². The third kappa shape index (κ3) is 4.84. The Labute approximate surface area is 147 Å². The smallest absolute Gasteiger partial charge is 0.273 e. The largest absolute Gasteiger partial charge is 0.273 e. The van der Waals surface area contributed by atoms with Gasteiger partial charge in [0.15, 0.2) is 0 Å². The maximum atomic E-state index is 11.9. The predicted octanol–water partition coefficient (Wildman–Crippen LogP) is 1.44. The van der Waals surface area contributed by atoms with Crippen molar-refractivity contribution in [1.82, 2.24) is 10.9 Å². The number of nitro groups is 2. The lowest BCUT2D eigenvalue weighted by atomic mass is 10.1. The van der Waals surface area contributed by atoms with Crippen LogP contribution in [-0.2, 0) is 22.4 Å². The molecule has 134 valence electrons. The molecule has 0 bridgehead atoms. The molecule has 0 radical (unpaired) electrons. The van der Waals surface area contributed by atoms with Gasteiger partial charge in [-0.1, -0.05) is 36.4 Å². The summed E-state index contributed by atoms with van der Waals surface area (Å²) in [7, 11) is 0. The minimum absolute atomic E-state index is 0.197. The molecule has 10 heteroatoms. The van der Waals surface area contributed by atoms with Gasteiger partial charge in [0, 0.05) is 23.3 Å². The van der Waals surface area contributed by atoms with E-state index in [0.29, 0.717) is 0 Å². The second kappa shape index (κ2) is 8.33. The molecular weight excluding hydrogens is 344 g/mol. The van der Waals surface area contributed by atoms with Gasteiger partial charge in [-0.3, -0.25) is 40.7 Å². The van der Waals surface area contributed by atoms with Crippen LogP contribution in [0, 0.1) is 20.2 Å². The van der Waals surface area contributed by atoms with Crippen molar-refractivity contribution in [2.75, 3.05) is 0 Å². The summed E-state index contributed by atoms with van der Waals surface area (Å²) in [6.07, 6.45) is -0.605. The molecule has 0 atom stereocenters. The molecule has 0 unspecified atom stereocenters. The number of nitro benzene ring substituents is 2. The van der Waals surface area contributed by atoms with Gasteiger partial charge >= 0.3 is 0 Å². The summed E-state index contributed by atoms with van der Waals surface area (Å²) in [5, 5.41) is 21.8. The molecule has 2 N–H and O–H groups in total. The van der Waals surface area contributed by atoms with Gasteiger partial charge in [0.1, 0.15) is 0 Å². The number of hydrogen-bond acceptors (Lipinski definition) is 6. The van der Waals surface area contributed by atoms with Gasteiger partial charge < -0.3 is 0 Å². The summed E-state index contributed by atoms with van der Waals surface area (Å²) >= 11 is 0. The van der Waals surface area contributed by atoms with Crippen molar-refractivity contribution in [2.45, 2.75) is 12.8 Å². The van der Waals surface area contributed by atoms with Gasteiger partial charge in [0.05, 0.1) is 22.7 Å². The Hall–Kier alpha value is -3.82. The van der Waals surface area contributed by atoms with E-state index in [0.717, 1.165) is 0 Å². The molecular formula is C16H14N4O6. The van der Waals surface area contributed by atoms with Gasteiger partial charge in [-0.25, -0.2) is 0 Å². The van der Waals surface area contributed by atoms with E-state index in [2.05, 4.69) is 10.9 Å². The van der Waals surface area contributed by atoms with Gasteiger partial charge in [0.25, 0.3) is 11.4 Å². The average molecular weight is 358 g/mol. The van der Waals surface area contributed by atoms with E-state index in [1.807, 2.05) is 0 Å². The van der Waals surface area contributed by atoms with E-state index >= 15 is 0 Å². The molecule has 0 aliphatic heterocycles. The molecule has 0 saturated heterocycles. The molecule has 0 fully saturated rings. The Morgan fingerprint density at radius 3 is 1.42 bits per heavy atom. The highest BCUT2D eigenvalue weighted by Crippen LogP contribution is 2.18. The maximum Gasteiger partial charge on any atom is 0.273 e. The third-order valence-electron chi connectivity index (χ3n) is 3.42. The fourth-order valence-electron chi connectivity index (χ4n) is 2.25. The lowest BCUT2D eigenvalue weighted by molar-refractivity contribution is -0.385. The van der Waals surface area contributed by atoms with Crippen LogP contribution < -0.4 is 10.9 Å². The van der Waals surface area contributed by atoms with Crippen LogP contribution in [0.25, 0.3) is 0 Å².